The summed E-state index contributed by atoms with van der Waals surface area (Å²) < 4.78 is 23.8. The summed E-state index contributed by atoms with van der Waals surface area (Å²) in [5.41, 5.74) is 0.968. The van der Waals surface area contributed by atoms with E-state index < -0.39 is 7.60 Å². The summed E-state index contributed by atoms with van der Waals surface area (Å²) in [6.07, 6.45) is 4.20. The fourth-order valence-corrected chi connectivity index (χ4v) is 3.30. The molecule has 0 atom stereocenters. The van der Waals surface area contributed by atoms with Crippen molar-refractivity contribution in [1.29, 1.82) is 0 Å². The Morgan fingerprint density at radius 1 is 1.05 bits per heavy atom. The second-order valence-electron chi connectivity index (χ2n) is 4.55. The van der Waals surface area contributed by atoms with Gasteiger partial charge in [-0.05, 0) is 24.5 Å². The molecule has 1 aromatic rings. The summed E-state index contributed by atoms with van der Waals surface area (Å²) in [6.45, 7) is 5.16. The molecule has 0 aliphatic rings. The average molecular weight is 283 g/mol. The molecule has 1 aromatic carbocycles. The first-order valence-corrected chi connectivity index (χ1v) is 8.76. The van der Waals surface area contributed by atoms with Gasteiger partial charge in [0.15, 0.2) is 0 Å². The summed E-state index contributed by atoms with van der Waals surface area (Å²) in [6, 6.07) is 10.4. The maximum Gasteiger partial charge on any atom is 0.335 e. The molecule has 1 rings (SSSR count). The van der Waals surface area contributed by atoms with Gasteiger partial charge in [0.2, 0.25) is 0 Å². The monoisotopic (exact) mass is 283 g/mol. The van der Waals surface area contributed by atoms with Crippen LogP contribution in [0.3, 0.4) is 0 Å². The van der Waals surface area contributed by atoms with Gasteiger partial charge in [0.1, 0.15) is 0 Å². The van der Waals surface area contributed by atoms with Crippen LogP contribution in [0.15, 0.2) is 24.3 Å². The third-order valence-electron chi connectivity index (χ3n) is 2.74. The number of benzene rings is 1. The Kier molecular flexibility index (Phi) is 8.04. The maximum atomic E-state index is 12.7. The van der Waals surface area contributed by atoms with E-state index in [4.69, 9.17) is 9.05 Å². The quantitative estimate of drug-likeness (QED) is 0.456. The van der Waals surface area contributed by atoms with E-state index >= 15 is 0 Å². The molecule has 107 valence electrons. The minimum Gasteiger partial charge on any atom is -0.308 e. The van der Waals surface area contributed by atoms with Gasteiger partial charge in [-0.3, -0.25) is 4.57 Å². The molecule has 0 bridgehead atoms. The lowest BCUT2D eigenvalue weighted by Crippen LogP contribution is -2.02. The van der Waals surface area contributed by atoms with E-state index in [1.807, 2.05) is 24.3 Å². The largest absolute Gasteiger partial charge is 0.335 e. The number of hydrogen-bond acceptors (Lipinski definition) is 3. The van der Waals surface area contributed by atoms with Crippen LogP contribution in [0.4, 0.5) is 0 Å². The molecule has 0 N–H and O–H groups in total. The van der Waals surface area contributed by atoms with E-state index in [1.54, 1.807) is 0 Å². The first-order chi connectivity index (χ1) is 9.20. The molecule has 0 saturated carbocycles. The van der Waals surface area contributed by atoms with Crippen LogP contribution < -0.4 is 0 Å². The Balaban J connectivity index is 2.59. The predicted molar refractivity (Wildman–Crippen MR) is 78.3 cm³/mol. The molecular formula is C15H24O3P. The summed E-state index contributed by atoms with van der Waals surface area (Å²) in [7, 11) is -3.01. The molecule has 0 amide bonds. The van der Waals surface area contributed by atoms with E-state index in [0.717, 1.165) is 31.2 Å². The van der Waals surface area contributed by atoms with E-state index in [9.17, 15) is 4.57 Å². The Morgan fingerprint density at radius 2 is 1.58 bits per heavy atom. The second kappa shape index (κ2) is 9.30. The highest BCUT2D eigenvalue weighted by molar-refractivity contribution is 7.53. The van der Waals surface area contributed by atoms with Crippen molar-refractivity contribution < 1.29 is 13.6 Å². The molecular weight excluding hydrogens is 259 g/mol. The van der Waals surface area contributed by atoms with Crippen LogP contribution >= 0.6 is 7.60 Å². The molecule has 1 radical (unpaired) electrons. The first kappa shape index (κ1) is 16.4. The van der Waals surface area contributed by atoms with Crippen LogP contribution in [0.25, 0.3) is 0 Å². The minimum absolute atomic E-state index is 0.342. The lowest BCUT2D eigenvalue weighted by Gasteiger charge is -2.18. The van der Waals surface area contributed by atoms with Crippen LogP contribution in [0.2, 0.25) is 0 Å². The fraction of sp³-hybridized carbons (Fsp3) is 0.600. The molecule has 3 nitrogen and oxygen atoms in total. The van der Waals surface area contributed by atoms with Crippen molar-refractivity contribution in [2.75, 3.05) is 13.2 Å². The molecule has 0 aliphatic carbocycles. The van der Waals surface area contributed by atoms with E-state index in [1.165, 1.54) is 0 Å². The minimum atomic E-state index is -3.01. The Hall–Kier alpha value is -0.630. The molecule has 0 saturated heterocycles. The van der Waals surface area contributed by atoms with Gasteiger partial charge in [-0.25, -0.2) is 0 Å². The van der Waals surface area contributed by atoms with Gasteiger partial charge in [0, 0.05) is 0 Å². The van der Waals surface area contributed by atoms with Crippen LogP contribution in [0.5, 0.6) is 0 Å². The lowest BCUT2D eigenvalue weighted by molar-refractivity contribution is 0.199. The van der Waals surface area contributed by atoms with E-state index in [-0.39, 0.29) is 0 Å². The number of hydrogen-bond donors (Lipinski definition) is 0. The molecule has 0 fully saturated rings. The van der Waals surface area contributed by atoms with Crippen molar-refractivity contribution in [3.63, 3.8) is 0 Å². The molecule has 0 spiro atoms. The lowest BCUT2D eigenvalue weighted by atomic mass is 10.2. The van der Waals surface area contributed by atoms with Gasteiger partial charge in [0.05, 0.1) is 19.4 Å². The Labute approximate surface area is 116 Å². The van der Waals surface area contributed by atoms with Gasteiger partial charge in [-0.1, -0.05) is 51.0 Å². The van der Waals surface area contributed by atoms with E-state index in [2.05, 4.69) is 19.9 Å². The van der Waals surface area contributed by atoms with Crippen LogP contribution in [-0.2, 0) is 19.8 Å². The summed E-state index contributed by atoms with van der Waals surface area (Å²) in [5, 5.41) is 0. The molecule has 0 aliphatic heterocycles. The molecule has 0 aromatic heterocycles. The molecule has 0 unspecified atom stereocenters. The van der Waals surface area contributed by atoms with Gasteiger partial charge in [0.25, 0.3) is 0 Å². The van der Waals surface area contributed by atoms with Crippen LogP contribution in [0.1, 0.15) is 45.1 Å². The summed E-state index contributed by atoms with van der Waals surface area (Å²) in [4.78, 5) is 0. The number of rotatable bonds is 10. The normalized spacial score (nSPS) is 11.7. The maximum absolute atomic E-state index is 12.7. The third-order valence-corrected chi connectivity index (χ3v) is 4.64. The van der Waals surface area contributed by atoms with Crippen LogP contribution in [0, 0.1) is 6.07 Å². The summed E-state index contributed by atoms with van der Waals surface area (Å²) >= 11 is 0. The van der Waals surface area contributed by atoms with Crippen molar-refractivity contribution in [1.82, 2.24) is 0 Å². The predicted octanol–water partition coefficient (Wildman–Crippen LogP) is 4.81. The SMILES string of the molecule is CCCCOP(=O)(Cc1cc[c]cc1)OCCCC. The van der Waals surface area contributed by atoms with Crippen molar-refractivity contribution in [3.05, 3.63) is 35.9 Å². The zero-order valence-corrected chi connectivity index (χ0v) is 12.8. The molecule has 4 heteroatoms. The average Bonchev–Trinajstić information content (AvgIpc) is 2.40. The van der Waals surface area contributed by atoms with Gasteiger partial charge in [-0.15, -0.1) is 0 Å². The van der Waals surface area contributed by atoms with Crippen molar-refractivity contribution in [2.45, 2.75) is 45.7 Å². The second-order valence-corrected chi connectivity index (χ2v) is 6.61. The smallest absolute Gasteiger partial charge is 0.308 e. The topological polar surface area (TPSA) is 35.5 Å². The first-order valence-electron chi connectivity index (χ1n) is 7.03. The van der Waals surface area contributed by atoms with E-state index in [0.29, 0.717) is 19.4 Å². The fourth-order valence-electron chi connectivity index (χ4n) is 1.57. The van der Waals surface area contributed by atoms with Gasteiger partial charge < -0.3 is 9.05 Å². The van der Waals surface area contributed by atoms with Crippen molar-refractivity contribution >= 4 is 7.60 Å². The van der Waals surface area contributed by atoms with Gasteiger partial charge >= 0.3 is 7.60 Å². The zero-order valence-electron chi connectivity index (χ0n) is 11.9. The highest BCUT2D eigenvalue weighted by Gasteiger charge is 2.24. The molecule has 0 heterocycles. The van der Waals surface area contributed by atoms with Crippen LogP contribution in [-0.4, -0.2) is 13.2 Å². The van der Waals surface area contributed by atoms with Crippen molar-refractivity contribution in [2.24, 2.45) is 0 Å². The highest BCUT2D eigenvalue weighted by Crippen LogP contribution is 2.51. The highest BCUT2D eigenvalue weighted by atomic mass is 31.2. The number of unbranched alkanes of at least 4 members (excludes halogenated alkanes) is 2. The molecule has 19 heavy (non-hydrogen) atoms. The Morgan fingerprint density at radius 3 is 2.05 bits per heavy atom. The van der Waals surface area contributed by atoms with Crippen molar-refractivity contribution in [3.8, 4) is 0 Å². The summed E-state index contributed by atoms with van der Waals surface area (Å²) in [5.74, 6) is 0. The van der Waals surface area contributed by atoms with Gasteiger partial charge in [-0.2, -0.15) is 0 Å². The standard InChI is InChI=1S/C15H24O3P/c1-3-5-12-17-19(16,18-13-6-4-2)14-15-10-8-7-9-11-15/h8-11H,3-6,12-14H2,1-2H3. The zero-order chi connectivity index (χ0) is 14.0. The third kappa shape index (κ3) is 6.91. The Bertz CT molecular complexity index is 364.